The molecule has 2 aliphatic rings. The molecular formula is C13H19N3OS. The summed E-state index contributed by atoms with van der Waals surface area (Å²) in [5.41, 5.74) is 1.07. The van der Waals surface area contributed by atoms with Crippen molar-refractivity contribution < 1.29 is 4.79 Å². The van der Waals surface area contributed by atoms with E-state index in [0.29, 0.717) is 5.92 Å². The third-order valence-electron chi connectivity index (χ3n) is 3.70. The summed E-state index contributed by atoms with van der Waals surface area (Å²) in [6.45, 7) is 5.85. The molecule has 5 heteroatoms. The van der Waals surface area contributed by atoms with Gasteiger partial charge in [-0.25, -0.2) is 4.98 Å². The van der Waals surface area contributed by atoms with Gasteiger partial charge in [-0.15, -0.1) is 0 Å². The molecule has 2 heterocycles. The first-order valence-electron chi connectivity index (χ1n) is 6.60. The normalized spacial score (nSPS) is 21.3. The Kier molecular flexibility index (Phi) is 3.11. The second-order valence-electron chi connectivity index (χ2n) is 5.33. The summed E-state index contributed by atoms with van der Waals surface area (Å²) in [4.78, 5) is 22.0. The molecule has 1 aliphatic carbocycles. The number of thiazole rings is 1. The zero-order valence-electron chi connectivity index (χ0n) is 11.0. The summed E-state index contributed by atoms with van der Waals surface area (Å²) >= 11 is 1.59. The van der Waals surface area contributed by atoms with Crippen LogP contribution in [0.25, 0.3) is 0 Å². The first-order chi connectivity index (χ1) is 8.65. The zero-order chi connectivity index (χ0) is 12.7. The number of rotatable bonds is 3. The smallest absolute Gasteiger partial charge is 0.186 e. The highest BCUT2D eigenvalue weighted by atomic mass is 32.1. The van der Waals surface area contributed by atoms with Gasteiger partial charge in [0.1, 0.15) is 0 Å². The Labute approximate surface area is 112 Å². The molecule has 0 radical (unpaired) electrons. The molecule has 1 saturated heterocycles. The minimum Gasteiger partial charge on any atom is -0.346 e. The maximum atomic E-state index is 11.7. The van der Waals surface area contributed by atoms with Crippen molar-refractivity contribution >= 4 is 22.3 Å². The highest BCUT2D eigenvalue weighted by molar-refractivity contribution is 7.17. The minimum absolute atomic E-state index is 0.176. The highest BCUT2D eigenvalue weighted by Gasteiger charge is 2.32. The van der Waals surface area contributed by atoms with Crippen LogP contribution in [0.15, 0.2) is 0 Å². The van der Waals surface area contributed by atoms with E-state index in [1.807, 2.05) is 0 Å². The molecule has 0 bridgehead atoms. The van der Waals surface area contributed by atoms with Crippen molar-refractivity contribution in [1.82, 2.24) is 9.88 Å². The van der Waals surface area contributed by atoms with Gasteiger partial charge in [0.2, 0.25) is 0 Å². The molecule has 4 nitrogen and oxygen atoms in total. The molecule has 1 aromatic heterocycles. The van der Waals surface area contributed by atoms with Crippen molar-refractivity contribution in [3.8, 4) is 0 Å². The fraction of sp³-hybridized carbons (Fsp3) is 0.692. The number of hydrogen-bond donors (Lipinski definition) is 0. The third kappa shape index (κ3) is 2.29. The summed E-state index contributed by atoms with van der Waals surface area (Å²) in [6, 6.07) is 0. The van der Waals surface area contributed by atoms with E-state index in [-0.39, 0.29) is 5.78 Å². The Hall–Kier alpha value is -0.940. The molecule has 0 atom stereocenters. The van der Waals surface area contributed by atoms with Crippen molar-refractivity contribution in [1.29, 1.82) is 0 Å². The molecule has 98 valence electrons. The maximum Gasteiger partial charge on any atom is 0.186 e. The fourth-order valence-electron chi connectivity index (χ4n) is 2.34. The van der Waals surface area contributed by atoms with Gasteiger partial charge in [0, 0.05) is 39.0 Å². The Morgan fingerprint density at radius 1 is 1.28 bits per heavy atom. The van der Waals surface area contributed by atoms with E-state index in [1.54, 1.807) is 18.3 Å². The lowest BCUT2D eigenvalue weighted by atomic mass is 10.2. The Balaban J connectivity index is 1.84. The van der Waals surface area contributed by atoms with E-state index >= 15 is 0 Å². The molecule has 18 heavy (non-hydrogen) atoms. The fourth-order valence-corrected chi connectivity index (χ4v) is 3.44. The van der Waals surface area contributed by atoms with Crippen LogP contribution in [-0.2, 0) is 0 Å². The average molecular weight is 265 g/mol. The van der Waals surface area contributed by atoms with Crippen LogP contribution in [0.3, 0.4) is 0 Å². The topological polar surface area (TPSA) is 36.4 Å². The Bertz CT molecular complexity index is 459. The number of ketones is 1. The summed E-state index contributed by atoms with van der Waals surface area (Å²) in [6.07, 6.45) is 2.40. The van der Waals surface area contributed by atoms with E-state index in [9.17, 15) is 4.79 Å². The maximum absolute atomic E-state index is 11.7. The van der Waals surface area contributed by atoms with E-state index in [2.05, 4.69) is 16.8 Å². The predicted molar refractivity (Wildman–Crippen MR) is 73.8 cm³/mol. The number of Topliss-reactive ketones (excluding diaryl/α,β-unsaturated/α-hetero) is 1. The average Bonchev–Trinajstić information content (AvgIpc) is 3.09. The van der Waals surface area contributed by atoms with E-state index in [0.717, 1.165) is 41.9 Å². The number of anilines is 1. The van der Waals surface area contributed by atoms with Gasteiger partial charge in [-0.05, 0) is 19.9 Å². The van der Waals surface area contributed by atoms with Gasteiger partial charge < -0.3 is 9.80 Å². The van der Waals surface area contributed by atoms with Crippen LogP contribution in [0.5, 0.6) is 0 Å². The molecular weight excluding hydrogens is 246 g/mol. The van der Waals surface area contributed by atoms with Gasteiger partial charge in [0.25, 0.3) is 0 Å². The van der Waals surface area contributed by atoms with Crippen molar-refractivity contribution in [2.24, 2.45) is 0 Å². The SMILES string of the molecule is CC(=O)c1sc(N2CCN(C)CC2)nc1C1CC1. The van der Waals surface area contributed by atoms with Crippen molar-refractivity contribution in [3.63, 3.8) is 0 Å². The molecule has 1 saturated carbocycles. The number of hydrogen-bond acceptors (Lipinski definition) is 5. The van der Waals surface area contributed by atoms with Crippen LogP contribution in [0.4, 0.5) is 5.13 Å². The van der Waals surface area contributed by atoms with Gasteiger partial charge >= 0.3 is 0 Å². The second kappa shape index (κ2) is 4.63. The Morgan fingerprint density at radius 2 is 1.94 bits per heavy atom. The van der Waals surface area contributed by atoms with Crippen LogP contribution >= 0.6 is 11.3 Å². The summed E-state index contributed by atoms with van der Waals surface area (Å²) < 4.78 is 0. The molecule has 0 spiro atoms. The van der Waals surface area contributed by atoms with Gasteiger partial charge in [0.05, 0.1) is 10.6 Å². The van der Waals surface area contributed by atoms with E-state index < -0.39 is 0 Å². The lowest BCUT2D eigenvalue weighted by molar-refractivity contribution is 0.102. The molecule has 0 unspecified atom stereocenters. The van der Waals surface area contributed by atoms with Crippen molar-refractivity contribution in [2.75, 3.05) is 38.1 Å². The molecule has 1 aromatic rings. The second-order valence-corrected chi connectivity index (χ2v) is 6.31. The van der Waals surface area contributed by atoms with Crippen molar-refractivity contribution in [3.05, 3.63) is 10.6 Å². The minimum atomic E-state index is 0.176. The van der Waals surface area contributed by atoms with Gasteiger partial charge in [-0.3, -0.25) is 4.79 Å². The number of aromatic nitrogens is 1. The molecule has 0 amide bonds. The van der Waals surface area contributed by atoms with Crippen LogP contribution in [0.1, 0.15) is 41.0 Å². The van der Waals surface area contributed by atoms with Crippen LogP contribution in [0, 0.1) is 0 Å². The first kappa shape index (κ1) is 12.1. The van der Waals surface area contributed by atoms with Crippen LogP contribution < -0.4 is 4.90 Å². The quantitative estimate of drug-likeness (QED) is 0.783. The first-order valence-corrected chi connectivity index (χ1v) is 7.42. The largest absolute Gasteiger partial charge is 0.346 e. The molecule has 1 aliphatic heterocycles. The third-order valence-corrected chi connectivity index (χ3v) is 4.93. The lowest BCUT2D eigenvalue weighted by Gasteiger charge is -2.32. The molecule has 3 rings (SSSR count). The monoisotopic (exact) mass is 265 g/mol. The van der Waals surface area contributed by atoms with Gasteiger partial charge in [-0.1, -0.05) is 11.3 Å². The predicted octanol–water partition coefficient (Wildman–Crippen LogP) is 1.97. The zero-order valence-corrected chi connectivity index (χ0v) is 11.8. The molecule has 0 aromatic carbocycles. The van der Waals surface area contributed by atoms with Crippen molar-refractivity contribution in [2.45, 2.75) is 25.7 Å². The highest BCUT2D eigenvalue weighted by Crippen LogP contribution is 2.44. The number of piperazine rings is 1. The number of likely N-dealkylation sites (N-methyl/N-ethyl adjacent to an activating group) is 1. The molecule has 0 N–H and O–H groups in total. The summed E-state index contributed by atoms with van der Waals surface area (Å²) in [7, 11) is 2.15. The van der Waals surface area contributed by atoms with Gasteiger partial charge in [-0.2, -0.15) is 0 Å². The van der Waals surface area contributed by atoms with Gasteiger partial charge in [0.15, 0.2) is 10.9 Å². The van der Waals surface area contributed by atoms with E-state index in [4.69, 9.17) is 4.98 Å². The Morgan fingerprint density at radius 3 is 2.50 bits per heavy atom. The van der Waals surface area contributed by atoms with E-state index in [1.165, 1.54) is 12.8 Å². The number of carbonyl (C=O) groups excluding carboxylic acids is 1. The standard InChI is InChI=1S/C13H19N3OS/c1-9(17)12-11(10-3-4-10)14-13(18-12)16-7-5-15(2)6-8-16/h10H,3-8H2,1-2H3. The van der Waals surface area contributed by atoms with Crippen LogP contribution in [-0.4, -0.2) is 48.9 Å². The summed E-state index contributed by atoms with van der Waals surface area (Å²) in [5.74, 6) is 0.733. The number of carbonyl (C=O) groups is 1. The lowest BCUT2D eigenvalue weighted by Crippen LogP contribution is -2.44. The van der Waals surface area contributed by atoms with Crippen LogP contribution in [0.2, 0.25) is 0 Å². The molecule has 2 fully saturated rings. The number of nitrogens with zero attached hydrogens (tertiary/aromatic N) is 3. The summed E-state index contributed by atoms with van der Waals surface area (Å²) in [5, 5.41) is 1.05.